The predicted molar refractivity (Wildman–Crippen MR) is 95.3 cm³/mol. The van der Waals surface area contributed by atoms with Crippen LogP contribution in [0.4, 0.5) is 8.78 Å². The largest absolute Gasteiger partial charge is 0.246 e. The van der Waals surface area contributed by atoms with Crippen molar-refractivity contribution in [2.45, 2.75) is 9.79 Å². The molecule has 0 unspecified atom stereocenters. The molecular weight excluding hydrogens is 422 g/mol. The third-order valence-corrected chi connectivity index (χ3v) is 8.26. The van der Waals surface area contributed by atoms with Crippen LogP contribution in [-0.2, 0) is 20.0 Å². The average Bonchev–Trinajstić information content (AvgIpc) is 2.62. The fourth-order valence-electron chi connectivity index (χ4n) is 2.73. The van der Waals surface area contributed by atoms with Crippen LogP contribution in [0, 0.1) is 11.6 Å². The van der Waals surface area contributed by atoms with E-state index in [1.165, 1.54) is 24.3 Å². The molecule has 0 radical (unpaired) electrons. The van der Waals surface area contributed by atoms with Gasteiger partial charge in [-0.25, -0.2) is 25.6 Å². The van der Waals surface area contributed by atoms with E-state index in [9.17, 15) is 25.6 Å². The number of rotatable bonds is 4. The molecule has 3 rings (SSSR count). The van der Waals surface area contributed by atoms with E-state index >= 15 is 0 Å². The van der Waals surface area contributed by atoms with Gasteiger partial charge in [0.05, 0.1) is 4.90 Å². The van der Waals surface area contributed by atoms with E-state index < -0.39 is 36.6 Å². The summed E-state index contributed by atoms with van der Waals surface area (Å²) in [4.78, 5) is -0.592. The van der Waals surface area contributed by atoms with Crippen molar-refractivity contribution in [3.63, 3.8) is 0 Å². The van der Waals surface area contributed by atoms with Gasteiger partial charge < -0.3 is 0 Å². The SMILES string of the molecule is O=S(=O)(c1ccc(Cl)cc1)N1CCN(S(=O)(=O)c2ccc(F)cc2F)CC1. The summed E-state index contributed by atoms with van der Waals surface area (Å²) in [5, 5.41) is 0.395. The van der Waals surface area contributed by atoms with Gasteiger partial charge >= 0.3 is 0 Å². The molecule has 1 heterocycles. The summed E-state index contributed by atoms with van der Waals surface area (Å²) in [5.74, 6) is -2.07. The maximum atomic E-state index is 13.9. The highest BCUT2D eigenvalue weighted by Crippen LogP contribution is 2.24. The van der Waals surface area contributed by atoms with Crippen molar-refractivity contribution in [3.8, 4) is 0 Å². The first-order chi connectivity index (χ1) is 12.6. The quantitative estimate of drug-likeness (QED) is 0.737. The van der Waals surface area contributed by atoms with E-state index in [-0.39, 0.29) is 31.1 Å². The first kappa shape index (κ1) is 20.2. The minimum Gasteiger partial charge on any atom is -0.207 e. The lowest BCUT2D eigenvalue weighted by atomic mass is 10.3. The Labute approximate surface area is 161 Å². The number of sulfonamides is 2. The highest BCUT2D eigenvalue weighted by Gasteiger charge is 2.34. The molecule has 1 aliphatic heterocycles. The Morgan fingerprint density at radius 3 is 1.81 bits per heavy atom. The molecule has 1 saturated heterocycles. The van der Waals surface area contributed by atoms with Crippen molar-refractivity contribution in [1.29, 1.82) is 0 Å². The number of benzene rings is 2. The lowest BCUT2D eigenvalue weighted by Crippen LogP contribution is -2.50. The van der Waals surface area contributed by atoms with Crippen LogP contribution in [0.1, 0.15) is 0 Å². The molecule has 0 amide bonds. The maximum absolute atomic E-state index is 13.9. The molecule has 11 heteroatoms. The van der Waals surface area contributed by atoms with Gasteiger partial charge in [0, 0.05) is 37.3 Å². The van der Waals surface area contributed by atoms with E-state index in [1.807, 2.05) is 0 Å². The fraction of sp³-hybridized carbons (Fsp3) is 0.250. The van der Waals surface area contributed by atoms with Crippen LogP contribution < -0.4 is 0 Å². The predicted octanol–water partition coefficient (Wildman–Crippen LogP) is 2.31. The van der Waals surface area contributed by atoms with Gasteiger partial charge in [0.1, 0.15) is 16.5 Å². The van der Waals surface area contributed by atoms with E-state index in [1.54, 1.807) is 0 Å². The van der Waals surface area contributed by atoms with Crippen LogP contribution in [0.3, 0.4) is 0 Å². The zero-order valence-corrected chi connectivity index (χ0v) is 16.2. The third kappa shape index (κ3) is 3.99. The Balaban J connectivity index is 1.77. The second kappa shape index (κ2) is 7.44. The molecular formula is C16H15ClF2N2O4S2. The van der Waals surface area contributed by atoms with Crippen LogP contribution in [0.2, 0.25) is 5.02 Å². The highest BCUT2D eigenvalue weighted by molar-refractivity contribution is 7.89. The molecule has 27 heavy (non-hydrogen) atoms. The summed E-state index contributed by atoms with van der Waals surface area (Å²) in [6.07, 6.45) is 0. The monoisotopic (exact) mass is 436 g/mol. The second-order valence-corrected chi connectivity index (χ2v) is 10.1. The normalized spacial score (nSPS) is 17.1. The first-order valence-corrected chi connectivity index (χ1v) is 11.1. The van der Waals surface area contributed by atoms with Crippen molar-refractivity contribution in [3.05, 3.63) is 59.1 Å². The Morgan fingerprint density at radius 2 is 1.30 bits per heavy atom. The molecule has 1 aliphatic rings. The average molecular weight is 437 g/mol. The summed E-state index contributed by atoms with van der Waals surface area (Å²) in [7, 11) is -7.99. The fourth-order valence-corrected chi connectivity index (χ4v) is 5.75. The molecule has 1 fully saturated rings. The number of nitrogens with zero attached hydrogens (tertiary/aromatic N) is 2. The van der Waals surface area contributed by atoms with Gasteiger partial charge in [-0.1, -0.05) is 11.6 Å². The van der Waals surface area contributed by atoms with Gasteiger partial charge in [-0.2, -0.15) is 8.61 Å². The molecule has 0 saturated carbocycles. The molecule has 0 aromatic heterocycles. The first-order valence-electron chi connectivity index (χ1n) is 7.83. The molecule has 2 aromatic carbocycles. The minimum absolute atomic E-state index is 0.0489. The van der Waals surface area contributed by atoms with Gasteiger partial charge in [0.15, 0.2) is 0 Å². The number of hydrogen-bond acceptors (Lipinski definition) is 4. The van der Waals surface area contributed by atoms with E-state index in [2.05, 4.69) is 0 Å². The van der Waals surface area contributed by atoms with Crippen LogP contribution in [0.5, 0.6) is 0 Å². The zero-order valence-electron chi connectivity index (χ0n) is 13.8. The van der Waals surface area contributed by atoms with Crippen molar-refractivity contribution >= 4 is 31.6 Å². The number of piperazine rings is 1. The standard InChI is InChI=1S/C16H15ClF2N2O4S2/c17-12-1-4-14(5-2-12)26(22,23)20-7-9-21(10-8-20)27(24,25)16-6-3-13(18)11-15(16)19/h1-6,11H,7-10H2. The van der Waals surface area contributed by atoms with E-state index in [0.29, 0.717) is 11.1 Å². The molecule has 0 N–H and O–H groups in total. The second-order valence-electron chi connectivity index (χ2n) is 5.84. The van der Waals surface area contributed by atoms with Crippen molar-refractivity contribution < 1.29 is 25.6 Å². The van der Waals surface area contributed by atoms with Crippen molar-refractivity contribution in [2.75, 3.05) is 26.2 Å². The van der Waals surface area contributed by atoms with Crippen LogP contribution in [-0.4, -0.2) is 51.6 Å². The lowest BCUT2D eigenvalue weighted by Gasteiger charge is -2.33. The summed E-state index contributed by atoms with van der Waals surface area (Å²) in [5.41, 5.74) is 0. The van der Waals surface area contributed by atoms with Gasteiger partial charge in [0.25, 0.3) is 0 Å². The molecule has 0 aliphatic carbocycles. The Kier molecular flexibility index (Phi) is 5.55. The van der Waals surface area contributed by atoms with Gasteiger partial charge in [-0.15, -0.1) is 0 Å². The van der Waals surface area contributed by atoms with Crippen LogP contribution in [0.15, 0.2) is 52.3 Å². The lowest BCUT2D eigenvalue weighted by molar-refractivity contribution is 0.272. The summed E-state index contributed by atoms with van der Waals surface area (Å²) >= 11 is 5.76. The summed E-state index contributed by atoms with van der Waals surface area (Å²) in [6.45, 7) is -0.474. The van der Waals surface area contributed by atoms with Gasteiger partial charge in [0.2, 0.25) is 20.0 Å². The molecule has 146 valence electrons. The third-order valence-electron chi connectivity index (χ3n) is 4.16. The zero-order chi connectivity index (χ0) is 19.8. The Hall–Kier alpha value is -1.59. The number of hydrogen-bond donors (Lipinski definition) is 0. The van der Waals surface area contributed by atoms with Crippen LogP contribution in [0.25, 0.3) is 0 Å². The smallest absolute Gasteiger partial charge is 0.207 e. The Morgan fingerprint density at radius 1 is 0.778 bits per heavy atom. The molecule has 6 nitrogen and oxygen atoms in total. The van der Waals surface area contributed by atoms with Gasteiger partial charge in [-0.3, -0.25) is 0 Å². The highest BCUT2D eigenvalue weighted by atomic mass is 35.5. The van der Waals surface area contributed by atoms with E-state index in [0.717, 1.165) is 20.7 Å². The Bertz CT molecular complexity index is 1050. The topological polar surface area (TPSA) is 74.8 Å². The molecule has 2 aromatic rings. The van der Waals surface area contributed by atoms with Crippen molar-refractivity contribution in [1.82, 2.24) is 8.61 Å². The molecule has 0 atom stereocenters. The van der Waals surface area contributed by atoms with E-state index in [4.69, 9.17) is 11.6 Å². The van der Waals surface area contributed by atoms with Crippen LogP contribution >= 0.6 is 11.6 Å². The summed E-state index contributed by atoms with van der Waals surface area (Å²) in [6, 6.07) is 7.85. The molecule has 0 bridgehead atoms. The minimum atomic E-state index is -4.20. The summed E-state index contributed by atoms with van der Waals surface area (Å²) < 4.78 is 79.4. The maximum Gasteiger partial charge on any atom is 0.246 e. The molecule has 0 spiro atoms. The van der Waals surface area contributed by atoms with Gasteiger partial charge in [-0.05, 0) is 36.4 Å². The number of halogens is 3. The van der Waals surface area contributed by atoms with Crippen molar-refractivity contribution in [2.24, 2.45) is 0 Å².